The molecule has 1 unspecified atom stereocenters. The summed E-state index contributed by atoms with van der Waals surface area (Å²) in [5.41, 5.74) is 6.27. The fourth-order valence-corrected chi connectivity index (χ4v) is 2.55. The van der Waals surface area contributed by atoms with Gasteiger partial charge in [0.2, 0.25) is 5.91 Å². The average molecular weight is 262 g/mol. The molecule has 0 aliphatic carbocycles. The van der Waals surface area contributed by atoms with E-state index in [0.29, 0.717) is 0 Å². The van der Waals surface area contributed by atoms with Gasteiger partial charge in [-0.15, -0.1) is 0 Å². The monoisotopic (exact) mass is 262 g/mol. The van der Waals surface area contributed by atoms with E-state index in [1.54, 1.807) is 21.0 Å². The van der Waals surface area contributed by atoms with Crippen LogP contribution in [0.3, 0.4) is 0 Å². The van der Waals surface area contributed by atoms with Crippen LogP contribution in [0.4, 0.5) is 0 Å². The molecule has 0 spiro atoms. The van der Waals surface area contributed by atoms with E-state index in [1.165, 1.54) is 0 Å². The number of likely N-dealkylation sites (tertiary alicyclic amines) is 1. The van der Waals surface area contributed by atoms with Crippen molar-refractivity contribution in [1.82, 2.24) is 4.90 Å². The van der Waals surface area contributed by atoms with Gasteiger partial charge in [0, 0.05) is 6.54 Å². The third-order valence-corrected chi connectivity index (χ3v) is 3.57. The summed E-state index contributed by atoms with van der Waals surface area (Å²) in [4.78, 5) is 14.3. The normalized spacial score (nSPS) is 19.6. The molecule has 1 amide bonds. The van der Waals surface area contributed by atoms with Crippen molar-refractivity contribution in [3.63, 3.8) is 0 Å². The molecular formula is C15H22N2O2. The molecule has 1 saturated heterocycles. The van der Waals surface area contributed by atoms with Crippen molar-refractivity contribution in [2.75, 3.05) is 13.7 Å². The molecule has 0 radical (unpaired) electrons. The van der Waals surface area contributed by atoms with Crippen LogP contribution in [0.2, 0.25) is 0 Å². The van der Waals surface area contributed by atoms with Gasteiger partial charge in [-0.05, 0) is 44.4 Å². The lowest BCUT2D eigenvalue weighted by Crippen LogP contribution is -2.50. The standard InChI is InChI=1S/C15H22N2O2/c1-15(2,16)14(18)17-10-4-5-13(17)11-6-8-12(19-3)9-7-11/h6-9,13H,4-5,10,16H2,1-3H3. The van der Waals surface area contributed by atoms with E-state index in [0.717, 1.165) is 30.7 Å². The van der Waals surface area contributed by atoms with Gasteiger partial charge in [-0.2, -0.15) is 0 Å². The van der Waals surface area contributed by atoms with Crippen LogP contribution in [-0.2, 0) is 4.79 Å². The number of hydrogen-bond donors (Lipinski definition) is 1. The molecule has 0 saturated carbocycles. The maximum atomic E-state index is 12.3. The van der Waals surface area contributed by atoms with Gasteiger partial charge in [0.1, 0.15) is 5.75 Å². The molecule has 104 valence electrons. The van der Waals surface area contributed by atoms with Crippen LogP contribution in [0.15, 0.2) is 24.3 Å². The second-order valence-electron chi connectivity index (χ2n) is 5.65. The summed E-state index contributed by atoms with van der Waals surface area (Å²) >= 11 is 0. The summed E-state index contributed by atoms with van der Waals surface area (Å²) in [5.74, 6) is 0.851. The summed E-state index contributed by atoms with van der Waals surface area (Å²) in [6, 6.07) is 8.06. The van der Waals surface area contributed by atoms with Gasteiger partial charge < -0.3 is 15.4 Å². The Kier molecular flexibility index (Phi) is 3.80. The number of amides is 1. The van der Waals surface area contributed by atoms with Gasteiger partial charge in [-0.25, -0.2) is 0 Å². The lowest BCUT2D eigenvalue weighted by Gasteiger charge is -2.31. The van der Waals surface area contributed by atoms with Gasteiger partial charge >= 0.3 is 0 Å². The van der Waals surface area contributed by atoms with Gasteiger partial charge in [-0.1, -0.05) is 12.1 Å². The molecular weight excluding hydrogens is 240 g/mol. The number of ether oxygens (including phenoxy) is 1. The largest absolute Gasteiger partial charge is 0.497 e. The highest BCUT2D eigenvalue weighted by Crippen LogP contribution is 2.33. The maximum absolute atomic E-state index is 12.3. The van der Waals surface area contributed by atoms with Crippen LogP contribution < -0.4 is 10.5 Å². The number of carbonyl (C=O) groups is 1. The van der Waals surface area contributed by atoms with Crippen molar-refractivity contribution in [3.8, 4) is 5.75 Å². The van der Waals surface area contributed by atoms with E-state index >= 15 is 0 Å². The summed E-state index contributed by atoms with van der Waals surface area (Å²) in [6.45, 7) is 4.31. The van der Waals surface area contributed by atoms with Gasteiger partial charge in [-0.3, -0.25) is 4.79 Å². The molecule has 1 aromatic rings. The molecule has 4 nitrogen and oxygen atoms in total. The van der Waals surface area contributed by atoms with Crippen LogP contribution in [0, 0.1) is 0 Å². The van der Waals surface area contributed by atoms with Crippen molar-refractivity contribution in [1.29, 1.82) is 0 Å². The molecule has 1 aromatic carbocycles. The number of nitrogens with two attached hydrogens (primary N) is 1. The van der Waals surface area contributed by atoms with Crippen LogP contribution in [0.25, 0.3) is 0 Å². The Morgan fingerprint density at radius 3 is 2.53 bits per heavy atom. The molecule has 1 fully saturated rings. The van der Waals surface area contributed by atoms with Crippen LogP contribution in [0.1, 0.15) is 38.3 Å². The summed E-state index contributed by atoms with van der Waals surface area (Å²) in [6.07, 6.45) is 2.02. The lowest BCUT2D eigenvalue weighted by molar-refractivity contribution is -0.136. The molecule has 19 heavy (non-hydrogen) atoms. The highest BCUT2D eigenvalue weighted by atomic mass is 16.5. The highest BCUT2D eigenvalue weighted by Gasteiger charge is 2.35. The second-order valence-corrected chi connectivity index (χ2v) is 5.65. The van der Waals surface area contributed by atoms with Crippen LogP contribution in [0.5, 0.6) is 5.75 Å². The van der Waals surface area contributed by atoms with Crippen molar-refractivity contribution in [2.45, 2.75) is 38.3 Å². The van der Waals surface area contributed by atoms with Crippen molar-refractivity contribution in [2.24, 2.45) is 5.73 Å². The molecule has 2 N–H and O–H groups in total. The van der Waals surface area contributed by atoms with Gasteiger partial charge in [0.15, 0.2) is 0 Å². The SMILES string of the molecule is COc1ccc(C2CCCN2C(=O)C(C)(C)N)cc1. The minimum absolute atomic E-state index is 0.0193. The number of nitrogens with zero attached hydrogens (tertiary/aromatic N) is 1. The first-order chi connectivity index (χ1) is 8.93. The van der Waals surface area contributed by atoms with Crippen LogP contribution in [-0.4, -0.2) is 30.0 Å². The molecule has 1 heterocycles. The van der Waals surface area contributed by atoms with E-state index < -0.39 is 5.54 Å². The highest BCUT2D eigenvalue weighted by molar-refractivity contribution is 5.85. The van der Waals surface area contributed by atoms with E-state index in [2.05, 4.69) is 0 Å². The summed E-state index contributed by atoms with van der Waals surface area (Å²) in [5, 5.41) is 0. The lowest BCUT2D eigenvalue weighted by atomic mass is 10.0. The smallest absolute Gasteiger partial charge is 0.242 e. The first-order valence-corrected chi connectivity index (χ1v) is 6.67. The zero-order valence-corrected chi connectivity index (χ0v) is 11.8. The first-order valence-electron chi connectivity index (χ1n) is 6.67. The molecule has 0 bridgehead atoms. The van der Waals surface area contributed by atoms with E-state index in [1.807, 2.05) is 29.2 Å². The van der Waals surface area contributed by atoms with Crippen molar-refractivity contribution < 1.29 is 9.53 Å². The molecule has 1 aliphatic rings. The van der Waals surface area contributed by atoms with Gasteiger partial charge in [0.25, 0.3) is 0 Å². The van der Waals surface area contributed by atoms with Crippen molar-refractivity contribution in [3.05, 3.63) is 29.8 Å². The number of rotatable bonds is 3. The Morgan fingerprint density at radius 2 is 2.00 bits per heavy atom. The Bertz CT molecular complexity index is 448. The van der Waals surface area contributed by atoms with Crippen LogP contribution >= 0.6 is 0 Å². The predicted molar refractivity (Wildman–Crippen MR) is 74.9 cm³/mol. The van der Waals surface area contributed by atoms with Crippen molar-refractivity contribution >= 4 is 5.91 Å². The molecule has 2 rings (SSSR count). The quantitative estimate of drug-likeness (QED) is 0.907. The Morgan fingerprint density at radius 1 is 1.37 bits per heavy atom. The number of hydrogen-bond acceptors (Lipinski definition) is 3. The summed E-state index contributed by atoms with van der Waals surface area (Å²) < 4.78 is 5.16. The minimum Gasteiger partial charge on any atom is -0.497 e. The van der Waals surface area contributed by atoms with E-state index in [4.69, 9.17) is 10.5 Å². The van der Waals surface area contributed by atoms with E-state index in [-0.39, 0.29) is 11.9 Å². The van der Waals surface area contributed by atoms with Gasteiger partial charge in [0.05, 0.1) is 18.7 Å². The third kappa shape index (κ3) is 2.89. The Labute approximate surface area is 114 Å². The second kappa shape index (κ2) is 5.21. The third-order valence-electron chi connectivity index (χ3n) is 3.57. The Balaban J connectivity index is 2.20. The fraction of sp³-hybridized carbons (Fsp3) is 0.533. The maximum Gasteiger partial charge on any atom is 0.242 e. The molecule has 1 atom stereocenters. The topological polar surface area (TPSA) is 55.6 Å². The zero-order valence-electron chi connectivity index (χ0n) is 11.8. The van der Waals surface area contributed by atoms with E-state index in [9.17, 15) is 4.79 Å². The Hall–Kier alpha value is -1.55. The zero-order chi connectivity index (χ0) is 14.0. The minimum atomic E-state index is -0.810. The average Bonchev–Trinajstić information content (AvgIpc) is 2.85. The molecule has 1 aliphatic heterocycles. The summed E-state index contributed by atoms with van der Waals surface area (Å²) in [7, 11) is 1.65. The molecule has 4 heteroatoms. The number of methoxy groups -OCH3 is 1. The number of benzene rings is 1. The molecule has 0 aromatic heterocycles. The fourth-order valence-electron chi connectivity index (χ4n) is 2.55. The first kappa shape index (κ1) is 13.9. The number of carbonyl (C=O) groups excluding carboxylic acids is 1. The predicted octanol–water partition coefficient (Wildman–Crippen LogP) is 2.10.